The SMILES string of the molecule is CCOC(=O)C(Cc1ccc(NS(C)(=O)=O)cc1)NC(=O)OC(C)(C)C. The fourth-order valence-electron chi connectivity index (χ4n) is 2.04. The van der Waals surface area contributed by atoms with E-state index in [1.54, 1.807) is 52.0 Å². The van der Waals surface area contributed by atoms with Crippen LogP contribution in [0.5, 0.6) is 0 Å². The van der Waals surface area contributed by atoms with Crippen LogP contribution in [-0.4, -0.2) is 45.0 Å². The number of amides is 1. The molecule has 0 aliphatic carbocycles. The number of sulfonamides is 1. The van der Waals surface area contributed by atoms with Gasteiger partial charge in [0.2, 0.25) is 10.0 Å². The lowest BCUT2D eigenvalue weighted by molar-refractivity contribution is -0.145. The summed E-state index contributed by atoms with van der Waals surface area (Å²) in [5.74, 6) is -0.573. The fraction of sp³-hybridized carbons (Fsp3) is 0.529. The van der Waals surface area contributed by atoms with Crippen molar-refractivity contribution in [1.82, 2.24) is 5.32 Å². The number of hydrogen-bond acceptors (Lipinski definition) is 6. The molecule has 1 amide bonds. The first-order chi connectivity index (χ1) is 11.9. The Morgan fingerprint density at radius 2 is 1.73 bits per heavy atom. The van der Waals surface area contributed by atoms with E-state index < -0.39 is 33.7 Å². The van der Waals surface area contributed by atoms with E-state index in [-0.39, 0.29) is 13.0 Å². The van der Waals surface area contributed by atoms with Gasteiger partial charge in [0.15, 0.2) is 0 Å². The molecule has 0 aromatic heterocycles. The van der Waals surface area contributed by atoms with Crippen LogP contribution in [0.25, 0.3) is 0 Å². The highest BCUT2D eigenvalue weighted by molar-refractivity contribution is 7.92. The molecule has 2 N–H and O–H groups in total. The Labute approximate surface area is 154 Å². The van der Waals surface area contributed by atoms with Crippen molar-refractivity contribution in [2.45, 2.75) is 45.8 Å². The zero-order valence-electron chi connectivity index (χ0n) is 15.7. The van der Waals surface area contributed by atoms with Crippen LogP contribution in [-0.2, 0) is 30.7 Å². The Morgan fingerprint density at radius 3 is 2.19 bits per heavy atom. The average molecular weight is 386 g/mol. The maximum absolute atomic E-state index is 12.1. The summed E-state index contributed by atoms with van der Waals surface area (Å²) in [4.78, 5) is 24.1. The van der Waals surface area contributed by atoms with Crippen LogP contribution in [0.4, 0.5) is 10.5 Å². The van der Waals surface area contributed by atoms with E-state index in [9.17, 15) is 18.0 Å². The first-order valence-electron chi connectivity index (χ1n) is 8.12. The number of nitrogens with one attached hydrogen (secondary N) is 2. The number of benzene rings is 1. The van der Waals surface area contributed by atoms with E-state index in [1.807, 2.05) is 0 Å². The van der Waals surface area contributed by atoms with Crippen LogP contribution in [0.1, 0.15) is 33.3 Å². The molecule has 0 aliphatic heterocycles. The minimum Gasteiger partial charge on any atom is -0.464 e. The second-order valence-corrected chi connectivity index (χ2v) is 8.47. The quantitative estimate of drug-likeness (QED) is 0.694. The van der Waals surface area contributed by atoms with Gasteiger partial charge in [0, 0.05) is 12.1 Å². The standard InChI is InChI=1S/C17H26N2O6S/c1-6-24-15(20)14(18-16(21)25-17(2,3)4)11-12-7-9-13(10-8-12)19-26(5,22)23/h7-10,14,19H,6,11H2,1-5H3,(H,18,21). The molecule has 9 heteroatoms. The van der Waals surface area contributed by atoms with Crippen molar-refractivity contribution in [1.29, 1.82) is 0 Å². The number of ether oxygens (including phenoxy) is 2. The lowest BCUT2D eigenvalue weighted by Crippen LogP contribution is -2.45. The molecule has 0 radical (unpaired) electrons. The van der Waals surface area contributed by atoms with Crippen LogP contribution < -0.4 is 10.0 Å². The first-order valence-corrected chi connectivity index (χ1v) is 10.0. The normalized spacial score (nSPS) is 12.8. The van der Waals surface area contributed by atoms with Crippen molar-refractivity contribution in [3.63, 3.8) is 0 Å². The molecule has 0 spiro atoms. The molecule has 26 heavy (non-hydrogen) atoms. The van der Waals surface area contributed by atoms with Crippen LogP contribution >= 0.6 is 0 Å². The Balaban J connectivity index is 2.85. The van der Waals surface area contributed by atoms with Crippen LogP contribution in [0.15, 0.2) is 24.3 Å². The molecule has 8 nitrogen and oxygen atoms in total. The van der Waals surface area contributed by atoms with Crippen molar-refractivity contribution in [2.24, 2.45) is 0 Å². The van der Waals surface area contributed by atoms with E-state index in [0.717, 1.165) is 11.8 Å². The molecule has 0 aliphatic rings. The van der Waals surface area contributed by atoms with E-state index >= 15 is 0 Å². The van der Waals surface area contributed by atoms with Gasteiger partial charge < -0.3 is 14.8 Å². The third kappa shape index (κ3) is 8.70. The summed E-state index contributed by atoms with van der Waals surface area (Å²) in [7, 11) is -3.36. The molecule has 0 heterocycles. The smallest absolute Gasteiger partial charge is 0.408 e. The topological polar surface area (TPSA) is 111 Å². The van der Waals surface area contributed by atoms with E-state index in [1.165, 1.54) is 0 Å². The van der Waals surface area contributed by atoms with Gasteiger partial charge >= 0.3 is 12.1 Å². The van der Waals surface area contributed by atoms with Crippen LogP contribution in [0.2, 0.25) is 0 Å². The molecule has 1 unspecified atom stereocenters. The number of anilines is 1. The van der Waals surface area contributed by atoms with E-state index in [4.69, 9.17) is 9.47 Å². The van der Waals surface area contributed by atoms with Gasteiger partial charge in [-0.15, -0.1) is 0 Å². The zero-order chi connectivity index (χ0) is 20.0. The Bertz CT molecular complexity index is 723. The van der Waals surface area contributed by atoms with Gasteiger partial charge in [0.05, 0.1) is 12.9 Å². The highest BCUT2D eigenvalue weighted by Gasteiger charge is 2.25. The number of esters is 1. The molecule has 1 aromatic carbocycles. The predicted molar refractivity (Wildman–Crippen MR) is 98.4 cm³/mol. The van der Waals surface area contributed by atoms with E-state index in [0.29, 0.717) is 5.69 Å². The predicted octanol–water partition coefficient (Wildman–Crippen LogP) is 2.06. The largest absolute Gasteiger partial charge is 0.464 e. The summed E-state index contributed by atoms with van der Waals surface area (Å²) in [6, 6.07) is 5.56. The zero-order valence-corrected chi connectivity index (χ0v) is 16.5. The average Bonchev–Trinajstić information content (AvgIpc) is 2.45. The summed E-state index contributed by atoms with van der Waals surface area (Å²) in [5.41, 5.74) is 0.435. The number of rotatable bonds is 7. The molecular weight excluding hydrogens is 360 g/mol. The molecule has 1 aromatic rings. The molecule has 0 saturated heterocycles. The number of alkyl carbamates (subject to hydrolysis) is 1. The van der Waals surface area contributed by atoms with Gasteiger partial charge in [-0.2, -0.15) is 0 Å². The second-order valence-electron chi connectivity index (χ2n) is 6.73. The lowest BCUT2D eigenvalue weighted by Gasteiger charge is -2.23. The Hall–Kier alpha value is -2.29. The minimum absolute atomic E-state index is 0.178. The van der Waals surface area contributed by atoms with Crippen LogP contribution in [0, 0.1) is 0 Å². The molecule has 0 bridgehead atoms. The Morgan fingerprint density at radius 1 is 1.15 bits per heavy atom. The third-order valence-corrected chi connectivity index (χ3v) is 3.57. The van der Waals surface area contributed by atoms with Crippen molar-refractivity contribution >= 4 is 27.8 Å². The van der Waals surface area contributed by atoms with Gasteiger partial charge in [0.25, 0.3) is 0 Å². The number of hydrogen-bond donors (Lipinski definition) is 2. The van der Waals surface area contributed by atoms with Crippen LogP contribution in [0.3, 0.4) is 0 Å². The summed E-state index contributed by atoms with van der Waals surface area (Å²) in [6.07, 6.45) is 0.519. The second kappa shape index (κ2) is 8.88. The van der Waals surface area contributed by atoms with Gasteiger partial charge in [-0.1, -0.05) is 12.1 Å². The monoisotopic (exact) mass is 386 g/mol. The van der Waals surface area contributed by atoms with Gasteiger partial charge in [-0.3, -0.25) is 4.72 Å². The summed E-state index contributed by atoms with van der Waals surface area (Å²) < 4.78 is 35.0. The summed E-state index contributed by atoms with van der Waals surface area (Å²) >= 11 is 0. The number of carbonyl (C=O) groups is 2. The highest BCUT2D eigenvalue weighted by Crippen LogP contribution is 2.14. The maximum atomic E-state index is 12.1. The van der Waals surface area contributed by atoms with Crippen molar-refractivity contribution in [3.05, 3.63) is 29.8 Å². The minimum atomic E-state index is -3.36. The van der Waals surface area contributed by atoms with Crippen molar-refractivity contribution in [2.75, 3.05) is 17.6 Å². The lowest BCUT2D eigenvalue weighted by atomic mass is 10.1. The molecule has 0 saturated carbocycles. The number of carbonyl (C=O) groups excluding carboxylic acids is 2. The molecule has 0 fully saturated rings. The molecular formula is C17H26N2O6S. The maximum Gasteiger partial charge on any atom is 0.408 e. The van der Waals surface area contributed by atoms with Crippen molar-refractivity contribution in [3.8, 4) is 0 Å². The van der Waals surface area contributed by atoms with Crippen molar-refractivity contribution < 1.29 is 27.5 Å². The third-order valence-electron chi connectivity index (χ3n) is 2.96. The van der Waals surface area contributed by atoms with E-state index in [2.05, 4.69) is 10.0 Å². The molecule has 1 rings (SSSR count). The first kappa shape index (κ1) is 21.8. The molecule has 146 valence electrons. The molecule has 1 atom stereocenters. The van der Waals surface area contributed by atoms with Gasteiger partial charge in [-0.05, 0) is 45.4 Å². The summed E-state index contributed by atoms with van der Waals surface area (Å²) in [5, 5.41) is 2.51. The fourth-order valence-corrected chi connectivity index (χ4v) is 2.61. The highest BCUT2D eigenvalue weighted by atomic mass is 32.2. The summed E-state index contributed by atoms with van der Waals surface area (Å²) in [6.45, 7) is 7.02. The van der Waals surface area contributed by atoms with Gasteiger partial charge in [-0.25, -0.2) is 18.0 Å². The Kier molecular flexibility index (Phi) is 7.43. The van der Waals surface area contributed by atoms with Gasteiger partial charge in [0.1, 0.15) is 11.6 Å².